The van der Waals surface area contributed by atoms with E-state index in [-0.39, 0.29) is 12.4 Å². The molecule has 0 unspecified atom stereocenters. The van der Waals surface area contributed by atoms with Crippen LogP contribution in [-0.4, -0.2) is 4.98 Å². The number of rotatable bonds is 4. The molecule has 0 bridgehead atoms. The third-order valence-corrected chi connectivity index (χ3v) is 3.18. The minimum Gasteiger partial charge on any atom is -0.468 e. The van der Waals surface area contributed by atoms with Crippen molar-refractivity contribution < 1.29 is 4.42 Å². The van der Waals surface area contributed by atoms with Gasteiger partial charge in [0.1, 0.15) is 5.76 Å². The van der Waals surface area contributed by atoms with Crippen LogP contribution in [0.15, 0.2) is 46.0 Å². The predicted octanol–water partition coefficient (Wildman–Crippen LogP) is 4.13. The fourth-order valence-electron chi connectivity index (χ4n) is 1.17. The number of halogens is 2. The molecule has 0 aromatic carbocycles. The lowest BCUT2D eigenvalue weighted by Crippen LogP contribution is -1.84. The predicted molar refractivity (Wildman–Crippen MR) is 69.3 cm³/mol. The molecular formula is C11H11Cl2NOS. The summed E-state index contributed by atoms with van der Waals surface area (Å²) >= 11 is 7.42. The second kappa shape index (κ2) is 6.84. The molecule has 0 aliphatic carbocycles. The lowest BCUT2D eigenvalue weighted by atomic mass is 10.4. The van der Waals surface area contributed by atoms with E-state index in [2.05, 4.69) is 4.98 Å². The quantitative estimate of drug-likeness (QED) is 0.620. The summed E-state index contributed by atoms with van der Waals surface area (Å²) in [5, 5.41) is 0. The van der Waals surface area contributed by atoms with E-state index in [0.717, 1.165) is 22.1 Å². The summed E-state index contributed by atoms with van der Waals surface area (Å²) in [6.07, 6.45) is 3.47. The molecule has 2 rings (SSSR count). The molecule has 0 saturated heterocycles. The van der Waals surface area contributed by atoms with E-state index in [1.54, 1.807) is 24.2 Å². The van der Waals surface area contributed by atoms with Gasteiger partial charge in [-0.3, -0.25) is 4.98 Å². The van der Waals surface area contributed by atoms with Crippen LogP contribution < -0.4 is 0 Å². The zero-order chi connectivity index (χ0) is 10.5. The van der Waals surface area contributed by atoms with Gasteiger partial charge >= 0.3 is 0 Å². The maximum atomic E-state index is 5.71. The summed E-state index contributed by atoms with van der Waals surface area (Å²) in [4.78, 5) is 5.30. The standard InChI is InChI=1S/C11H10ClNOS.ClH/c12-7-9-6-11(3-4-13-9)15-8-10-2-1-5-14-10;/h1-6H,7-8H2;1H. The van der Waals surface area contributed by atoms with Crippen LogP contribution in [-0.2, 0) is 11.6 Å². The lowest BCUT2D eigenvalue weighted by molar-refractivity contribution is 0.530. The van der Waals surface area contributed by atoms with E-state index in [0.29, 0.717) is 5.88 Å². The molecule has 16 heavy (non-hydrogen) atoms. The maximum absolute atomic E-state index is 5.71. The number of hydrogen-bond donors (Lipinski definition) is 0. The minimum atomic E-state index is 0. The largest absolute Gasteiger partial charge is 0.468 e. The number of alkyl halides is 1. The van der Waals surface area contributed by atoms with Crippen LogP contribution in [0.2, 0.25) is 0 Å². The molecule has 2 heterocycles. The van der Waals surface area contributed by atoms with E-state index >= 15 is 0 Å². The highest BCUT2D eigenvalue weighted by Crippen LogP contribution is 2.23. The van der Waals surface area contributed by atoms with Gasteiger partial charge in [-0.15, -0.1) is 35.8 Å². The number of furan rings is 1. The maximum Gasteiger partial charge on any atom is 0.113 e. The van der Waals surface area contributed by atoms with Gasteiger partial charge in [0, 0.05) is 11.1 Å². The Labute approximate surface area is 110 Å². The van der Waals surface area contributed by atoms with Crippen molar-refractivity contribution in [3.63, 3.8) is 0 Å². The first kappa shape index (κ1) is 13.4. The first-order chi connectivity index (χ1) is 7.38. The Hall–Kier alpha value is -0.640. The van der Waals surface area contributed by atoms with Crippen molar-refractivity contribution in [3.05, 3.63) is 48.2 Å². The number of thioether (sulfide) groups is 1. The molecule has 86 valence electrons. The van der Waals surface area contributed by atoms with E-state index in [1.165, 1.54) is 0 Å². The highest BCUT2D eigenvalue weighted by atomic mass is 35.5. The summed E-state index contributed by atoms with van der Waals surface area (Å²) < 4.78 is 5.25. The Morgan fingerprint density at radius 1 is 1.38 bits per heavy atom. The molecule has 0 N–H and O–H groups in total. The molecule has 0 aliphatic heterocycles. The van der Waals surface area contributed by atoms with Crippen LogP contribution in [0.25, 0.3) is 0 Å². The normalized spacial score (nSPS) is 9.81. The van der Waals surface area contributed by atoms with Crippen molar-refractivity contribution in [2.45, 2.75) is 16.5 Å². The SMILES string of the molecule is Cl.ClCc1cc(SCc2ccco2)ccn1. The topological polar surface area (TPSA) is 26.0 Å². The van der Waals surface area contributed by atoms with E-state index in [4.69, 9.17) is 16.0 Å². The second-order valence-corrected chi connectivity index (χ2v) is 4.30. The van der Waals surface area contributed by atoms with Gasteiger partial charge in [-0.1, -0.05) is 0 Å². The van der Waals surface area contributed by atoms with Crippen molar-refractivity contribution >= 4 is 35.8 Å². The number of pyridine rings is 1. The van der Waals surface area contributed by atoms with Gasteiger partial charge in [0.15, 0.2) is 0 Å². The summed E-state index contributed by atoms with van der Waals surface area (Å²) in [5.74, 6) is 2.26. The molecule has 0 saturated carbocycles. The molecule has 2 aromatic heterocycles. The summed E-state index contributed by atoms with van der Waals surface area (Å²) in [6.45, 7) is 0. The van der Waals surface area contributed by atoms with Crippen molar-refractivity contribution in [3.8, 4) is 0 Å². The Morgan fingerprint density at radius 2 is 2.25 bits per heavy atom. The molecule has 2 aromatic rings. The number of nitrogens with zero attached hydrogens (tertiary/aromatic N) is 1. The summed E-state index contributed by atoms with van der Waals surface area (Å²) in [6, 6.07) is 7.84. The third-order valence-electron chi connectivity index (χ3n) is 1.89. The molecule has 0 radical (unpaired) electrons. The zero-order valence-corrected chi connectivity index (χ0v) is 10.8. The molecule has 0 aliphatic rings. The smallest absolute Gasteiger partial charge is 0.113 e. The van der Waals surface area contributed by atoms with Gasteiger partial charge < -0.3 is 4.42 Å². The molecule has 0 spiro atoms. The Morgan fingerprint density at radius 3 is 2.94 bits per heavy atom. The Kier molecular flexibility index (Phi) is 5.74. The van der Waals surface area contributed by atoms with Crippen molar-refractivity contribution in [2.24, 2.45) is 0 Å². The first-order valence-electron chi connectivity index (χ1n) is 4.54. The number of aromatic nitrogens is 1. The average molecular weight is 276 g/mol. The zero-order valence-electron chi connectivity index (χ0n) is 8.43. The molecule has 2 nitrogen and oxygen atoms in total. The van der Waals surface area contributed by atoms with E-state index in [1.807, 2.05) is 24.3 Å². The molecule has 0 fully saturated rings. The Bertz CT molecular complexity index is 420. The van der Waals surface area contributed by atoms with E-state index < -0.39 is 0 Å². The van der Waals surface area contributed by atoms with Crippen LogP contribution >= 0.6 is 35.8 Å². The number of hydrogen-bond acceptors (Lipinski definition) is 3. The van der Waals surface area contributed by atoms with Crippen LogP contribution in [0.1, 0.15) is 11.5 Å². The second-order valence-electron chi connectivity index (χ2n) is 2.98. The van der Waals surface area contributed by atoms with Crippen molar-refractivity contribution in [1.29, 1.82) is 0 Å². The fourth-order valence-corrected chi connectivity index (χ4v) is 2.16. The Balaban J connectivity index is 0.00000128. The molecule has 0 amide bonds. The lowest BCUT2D eigenvalue weighted by Gasteiger charge is -2.00. The highest BCUT2D eigenvalue weighted by Gasteiger charge is 2.00. The summed E-state index contributed by atoms with van der Waals surface area (Å²) in [7, 11) is 0. The highest BCUT2D eigenvalue weighted by molar-refractivity contribution is 7.98. The molecule has 0 atom stereocenters. The van der Waals surface area contributed by atoms with Crippen LogP contribution in [0.5, 0.6) is 0 Å². The van der Waals surface area contributed by atoms with Gasteiger partial charge in [0.05, 0.1) is 23.6 Å². The average Bonchev–Trinajstić information content (AvgIpc) is 2.79. The minimum absolute atomic E-state index is 0. The monoisotopic (exact) mass is 275 g/mol. The molecular weight excluding hydrogens is 265 g/mol. The first-order valence-corrected chi connectivity index (χ1v) is 6.06. The van der Waals surface area contributed by atoms with Crippen LogP contribution in [0.3, 0.4) is 0 Å². The van der Waals surface area contributed by atoms with Crippen molar-refractivity contribution in [2.75, 3.05) is 0 Å². The summed E-state index contributed by atoms with van der Waals surface area (Å²) in [5.41, 5.74) is 0.904. The fraction of sp³-hybridized carbons (Fsp3) is 0.182. The van der Waals surface area contributed by atoms with Gasteiger partial charge in [-0.25, -0.2) is 0 Å². The van der Waals surface area contributed by atoms with Crippen molar-refractivity contribution in [1.82, 2.24) is 4.98 Å². The van der Waals surface area contributed by atoms with Gasteiger partial charge in [0.25, 0.3) is 0 Å². The molecule has 5 heteroatoms. The van der Waals surface area contributed by atoms with Crippen LogP contribution in [0.4, 0.5) is 0 Å². The van der Waals surface area contributed by atoms with E-state index in [9.17, 15) is 0 Å². The third kappa shape index (κ3) is 3.74. The van der Waals surface area contributed by atoms with Crippen LogP contribution in [0, 0.1) is 0 Å². The van der Waals surface area contributed by atoms with Gasteiger partial charge in [0.2, 0.25) is 0 Å². The van der Waals surface area contributed by atoms with Gasteiger partial charge in [-0.2, -0.15) is 0 Å². The van der Waals surface area contributed by atoms with Gasteiger partial charge in [-0.05, 0) is 24.3 Å².